The van der Waals surface area contributed by atoms with E-state index in [1.54, 1.807) is 13.3 Å². The zero-order chi connectivity index (χ0) is 15.5. The number of aliphatic hydroxyl groups is 1. The molecule has 0 spiro atoms. The number of rotatable bonds is 4. The van der Waals surface area contributed by atoms with Gasteiger partial charge in [-0.2, -0.15) is 4.98 Å². The van der Waals surface area contributed by atoms with Crippen LogP contribution < -0.4 is 15.4 Å². The quantitative estimate of drug-likeness (QED) is 0.791. The van der Waals surface area contributed by atoms with E-state index >= 15 is 0 Å². The fraction of sp³-hybridized carbons (Fsp3) is 0.733. The van der Waals surface area contributed by atoms with E-state index in [0.29, 0.717) is 17.5 Å². The molecule has 1 fully saturated rings. The molecule has 0 saturated heterocycles. The molecule has 1 aromatic rings. The second-order valence-electron chi connectivity index (χ2n) is 6.65. The predicted molar refractivity (Wildman–Crippen MR) is 83.8 cm³/mol. The molecule has 21 heavy (non-hydrogen) atoms. The largest absolute Gasteiger partial charge is 0.491 e. The minimum absolute atomic E-state index is 0.104. The molecular weight excluding hydrogens is 268 g/mol. The monoisotopic (exact) mass is 294 g/mol. The Balaban J connectivity index is 2.13. The maximum absolute atomic E-state index is 9.78. The van der Waals surface area contributed by atoms with Gasteiger partial charge in [0.25, 0.3) is 0 Å². The van der Waals surface area contributed by atoms with Crippen LogP contribution in [0, 0.1) is 0 Å². The number of anilines is 2. The summed E-state index contributed by atoms with van der Waals surface area (Å²) >= 11 is 0. The van der Waals surface area contributed by atoms with Gasteiger partial charge in [-0.15, -0.1) is 0 Å². The summed E-state index contributed by atoms with van der Waals surface area (Å²) in [6.07, 6.45) is 5.13. The second-order valence-corrected chi connectivity index (χ2v) is 6.65. The van der Waals surface area contributed by atoms with Crippen molar-refractivity contribution in [2.45, 2.75) is 64.1 Å². The van der Waals surface area contributed by atoms with E-state index in [0.717, 1.165) is 25.7 Å². The van der Waals surface area contributed by atoms with Crippen molar-refractivity contribution < 1.29 is 9.84 Å². The number of hydrogen-bond acceptors (Lipinski definition) is 6. The molecule has 2 atom stereocenters. The van der Waals surface area contributed by atoms with E-state index < -0.39 is 0 Å². The fourth-order valence-corrected chi connectivity index (χ4v) is 2.51. The highest BCUT2D eigenvalue weighted by molar-refractivity contribution is 5.53. The molecule has 6 nitrogen and oxygen atoms in total. The summed E-state index contributed by atoms with van der Waals surface area (Å²) in [5, 5.41) is 16.4. The first kappa shape index (κ1) is 15.8. The fourth-order valence-electron chi connectivity index (χ4n) is 2.51. The lowest BCUT2D eigenvalue weighted by molar-refractivity contribution is 0.124. The summed E-state index contributed by atoms with van der Waals surface area (Å²) in [5.74, 6) is 1.87. The van der Waals surface area contributed by atoms with Crippen molar-refractivity contribution in [3.8, 4) is 5.75 Å². The van der Waals surface area contributed by atoms with Crippen molar-refractivity contribution in [2.24, 2.45) is 0 Å². The van der Waals surface area contributed by atoms with E-state index in [1.165, 1.54) is 0 Å². The molecule has 0 aliphatic heterocycles. The van der Waals surface area contributed by atoms with Gasteiger partial charge in [0.2, 0.25) is 5.95 Å². The zero-order valence-electron chi connectivity index (χ0n) is 13.3. The van der Waals surface area contributed by atoms with Crippen molar-refractivity contribution in [3.05, 3.63) is 6.20 Å². The molecule has 0 bridgehead atoms. The van der Waals surface area contributed by atoms with Crippen molar-refractivity contribution in [2.75, 3.05) is 17.7 Å². The molecule has 0 amide bonds. The first-order valence-electron chi connectivity index (χ1n) is 7.51. The van der Waals surface area contributed by atoms with Gasteiger partial charge >= 0.3 is 0 Å². The Hall–Kier alpha value is -1.56. The molecule has 0 aromatic carbocycles. The Labute approximate surface area is 126 Å². The van der Waals surface area contributed by atoms with Gasteiger partial charge in [-0.1, -0.05) is 0 Å². The summed E-state index contributed by atoms with van der Waals surface area (Å²) in [6.45, 7) is 6.18. The molecule has 118 valence electrons. The molecule has 2 rings (SSSR count). The molecule has 1 saturated carbocycles. The highest BCUT2D eigenvalue weighted by Crippen LogP contribution is 2.27. The normalized spacial score (nSPS) is 22.7. The van der Waals surface area contributed by atoms with Crippen LogP contribution in [0.3, 0.4) is 0 Å². The van der Waals surface area contributed by atoms with E-state index in [-0.39, 0.29) is 17.7 Å². The van der Waals surface area contributed by atoms with Crippen LogP contribution >= 0.6 is 0 Å². The number of nitrogens with one attached hydrogen (secondary N) is 2. The number of aromatic nitrogens is 2. The average molecular weight is 294 g/mol. The van der Waals surface area contributed by atoms with Gasteiger partial charge in [0.05, 0.1) is 19.4 Å². The highest BCUT2D eigenvalue weighted by atomic mass is 16.5. The Morgan fingerprint density at radius 3 is 2.71 bits per heavy atom. The number of ether oxygens (including phenoxy) is 1. The summed E-state index contributed by atoms with van der Waals surface area (Å²) in [4.78, 5) is 8.78. The van der Waals surface area contributed by atoms with Crippen molar-refractivity contribution in [3.63, 3.8) is 0 Å². The highest BCUT2D eigenvalue weighted by Gasteiger charge is 2.22. The summed E-state index contributed by atoms with van der Waals surface area (Å²) < 4.78 is 5.32. The number of aliphatic hydroxyl groups excluding tert-OH is 1. The van der Waals surface area contributed by atoms with Crippen LogP contribution in [0.25, 0.3) is 0 Å². The summed E-state index contributed by atoms with van der Waals surface area (Å²) in [5.41, 5.74) is -0.104. The second kappa shape index (κ2) is 6.47. The van der Waals surface area contributed by atoms with Crippen LogP contribution in [0.5, 0.6) is 5.75 Å². The Bertz CT molecular complexity index is 473. The lowest BCUT2D eigenvalue weighted by Gasteiger charge is -2.28. The maximum atomic E-state index is 9.78. The molecule has 1 heterocycles. The molecule has 1 aromatic heterocycles. The molecular formula is C15H26N4O2. The van der Waals surface area contributed by atoms with E-state index in [4.69, 9.17) is 4.74 Å². The molecule has 1 aliphatic carbocycles. The maximum Gasteiger partial charge on any atom is 0.225 e. The average Bonchev–Trinajstić information content (AvgIpc) is 2.37. The van der Waals surface area contributed by atoms with Gasteiger partial charge < -0.3 is 20.5 Å². The van der Waals surface area contributed by atoms with Gasteiger partial charge in [-0.25, -0.2) is 4.98 Å². The summed E-state index contributed by atoms with van der Waals surface area (Å²) in [7, 11) is 1.61. The molecule has 1 aliphatic rings. The molecule has 1 unspecified atom stereocenters. The van der Waals surface area contributed by atoms with Crippen LogP contribution in [-0.4, -0.2) is 39.9 Å². The first-order valence-corrected chi connectivity index (χ1v) is 7.51. The minimum Gasteiger partial charge on any atom is -0.491 e. The van der Waals surface area contributed by atoms with E-state index in [2.05, 4.69) is 41.4 Å². The van der Waals surface area contributed by atoms with Gasteiger partial charge in [0, 0.05) is 11.6 Å². The Kier molecular flexibility index (Phi) is 4.88. The number of nitrogens with zero attached hydrogens (tertiary/aromatic N) is 2. The lowest BCUT2D eigenvalue weighted by atomic mass is 9.93. The first-order chi connectivity index (χ1) is 9.87. The number of hydrogen-bond donors (Lipinski definition) is 3. The molecule has 6 heteroatoms. The van der Waals surface area contributed by atoms with Crippen LogP contribution in [0.1, 0.15) is 46.5 Å². The van der Waals surface area contributed by atoms with Gasteiger partial charge in [-0.3, -0.25) is 0 Å². The lowest BCUT2D eigenvalue weighted by Crippen LogP contribution is -2.31. The third kappa shape index (κ3) is 4.74. The Morgan fingerprint density at radius 2 is 2.10 bits per heavy atom. The molecule has 3 N–H and O–H groups in total. The van der Waals surface area contributed by atoms with Gasteiger partial charge in [0.15, 0.2) is 11.6 Å². The third-order valence-corrected chi connectivity index (χ3v) is 3.45. The van der Waals surface area contributed by atoms with Crippen molar-refractivity contribution >= 4 is 11.8 Å². The van der Waals surface area contributed by atoms with E-state index in [1.807, 2.05) is 0 Å². The zero-order valence-corrected chi connectivity index (χ0v) is 13.3. The predicted octanol–water partition coefficient (Wildman–Crippen LogP) is 2.41. The standard InChI is InChI=1S/C15H26N4O2/c1-15(2,3)19-14-16-9-12(21-4)13(18-14)17-10-6-5-7-11(20)8-10/h9-11,20H,5-8H2,1-4H3,(H2,16,17,18,19)/t10?,11-/m0/s1. The van der Waals surface area contributed by atoms with Crippen LogP contribution in [0.2, 0.25) is 0 Å². The summed E-state index contributed by atoms with van der Waals surface area (Å²) in [6, 6.07) is 0.222. The topological polar surface area (TPSA) is 79.3 Å². The van der Waals surface area contributed by atoms with Crippen LogP contribution in [0.4, 0.5) is 11.8 Å². The smallest absolute Gasteiger partial charge is 0.225 e. The van der Waals surface area contributed by atoms with E-state index in [9.17, 15) is 5.11 Å². The van der Waals surface area contributed by atoms with Crippen molar-refractivity contribution in [1.82, 2.24) is 9.97 Å². The minimum atomic E-state index is -0.226. The van der Waals surface area contributed by atoms with Gasteiger partial charge in [0.1, 0.15) is 0 Å². The third-order valence-electron chi connectivity index (χ3n) is 3.45. The van der Waals surface area contributed by atoms with Crippen LogP contribution in [0.15, 0.2) is 6.20 Å². The Morgan fingerprint density at radius 1 is 1.33 bits per heavy atom. The van der Waals surface area contributed by atoms with Gasteiger partial charge in [-0.05, 0) is 46.5 Å². The number of methoxy groups -OCH3 is 1. The SMILES string of the molecule is COc1cnc(NC(C)(C)C)nc1NC1CCC[C@H](O)C1. The van der Waals surface area contributed by atoms with Crippen LogP contribution in [-0.2, 0) is 0 Å². The van der Waals surface area contributed by atoms with Crippen molar-refractivity contribution in [1.29, 1.82) is 0 Å². The molecule has 0 radical (unpaired) electrons.